The summed E-state index contributed by atoms with van der Waals surface area (Å²) >= 11 is 0. The number of Topliss-reactive ketones (excluding diaryl/α,β-unsaturated/α-hetero) is 1. The molecule has 6 heteroatoms. The minimum Gasteiger partial charge on any atom is -0.354 e. The number of carbonyl (C=O) groups is 1. The Kier molecular flexibility index (Phi) is 3.96. The van der Waals surface area contributed by atoms with Crippen molar-refractivity contribution in [3.63, 3.8) is 0 Å². The van der Waals surface area contributed by atoms with Crippen molar-refractivity contribution >= 4 is 16.6 Å². The van der Waals surface area contributed by atoms with Gasteiger partial charge in [0.25, 0.3) is 0 Å². The van der Waals surface area contributed by atoms with Gasteiger partial charge >= 0.3 is 0 Å². The number of hydrogen-bond acceptors (Lipinski definition) is 5. The SMILES string of the molecule is Cc1nc(C)c(-c2onc(S(C)=O)c2C(=O)C2CC2)c(C)c1C. The molecule has 1 saturated carbocycles. The lowest BCUT2D eigenvalue weighted by atomic mass is 9.95. The van der Waals surface area contributed by atoms with Crippen LogP contribution >= 0.6 is 0 Å². The van der Waals surface area contributed by atoms with Crippen LogP contribution in [0.4, 0.5) is 0 Å². The molecule has 0 saturated heterocycles. The Balaban J connectivity index is 2.27. The van der Waals surface area contributed by atoms with E-state index in [-0.39, 0.29) is 16.7 Å². The zero-order valence-corrected chi connectivity index (χ0v) is 14.8. The summed E-state index contributed by atoms with van der Waals surface area (Å²) in [6, 6.07) is 0. The Labute approximate surface area is 137 Å². The van der Waals surface area contributed by atoms with Gasteiger partial charge in [0.15, 0.2) is 16.6 Å². The molecule has 2 aromatic heterocycles. The summed E-state index contributed by atoms with van der Waals surface area (Å²) in [6.45, 7) is 7.84. The van der Waals surface area contributed by atoms with Crippen molar-refractivity contribution in [2.75, 3.05) is 6.26 Å². The molecule has 3 rings (SSSR count). The number of carbonyl (C=O) groups excluding carboxylic acids is 1. The molecule has 0 bridgehead atoms. The van der Waals surface area contributed by atoms with E-state index in [9.17, 15) is 9.00 Å². The van der Waals surface area contributed by atoms with Crippen LogP contribution in [-0.4, -0.2) is 26.4 Å². The summed E-state index contributed by atoms with van der Waals surface area (Å²) in [7, 11) is -1.37. The highest BCUT2D eigenvalue weighted by molar-refractivity contribution is 7.84. The highest BCUT2D eigenvalue weighted by Gasteiger charge is 2.37. The van der Waals surface area contributed by atoms with Crippen molar-refractivity contribution in [2.24, 2.45) is 5.92 Å². The van der Waals surface area contributed by atoms with Crippen LogP contribution in [0.15, 0.2) is 9.55 Å². The summed E-state index contributed by atoms with van der Waals surface area (Å²) in [5.41, 5.74) is 5.00. The first kappa shape index (κ1) is 16.1. The van der Waals surface area contributed by atoms with Gasteiger partial charge in [0, 0.05) is 29.1 Å². The molecule has 1 aliphatic rings. The van der Waals surface area contributed by atoms with E-state index in [4.69, 9.17) is 4.52 Å². The quantitative estimate of drug-likeness (QED) is 0.803. The van der Waals surface area contributed by atoms with Crippen LogP contribution in [0.25, 0.3) is 11.3 Å². The minimum atomic E-state index is -1.37. The number of hydrogen-bond donors (Lipinski definition) is 0. The highest BCUT2D eigenvalue weighted by atomic mass is 32.2. The lowest BCUT2D eigenvalue weighted by Crippen LogP contribution is -2.08. The van der Waals surface area contributed by atoms with Crippen molar-refractivity contribution < 1.29 is 13.5 Å². The van der Waals surface area contributed by atoms with Crippen molar-refractivity contribution in [1.29, 1.82) is 0 Å². The topological polar surface area (TPSA) is 73.1 Å². The standard InChI is InChI=1S/C17H20N2O3S/c1-8-9(2)13(11(4)18-10(8)3)16-14(15(20)12-6-7-12)17(19-22-16)23(5)21/h12H,6-7H2,1-5H3. The third-order valence-corrected chi connectivity index (χ3v) is 5.36. The number of ketones is 1. The van der Waals surface area contributed by atoms with Gasteiger partial charge < -0.3 is 4.52 Å². The molecule has 0 radical (unpaired) electrons. The minimum absolute atomic E-state index is 0.00978. The Hall–Kier alpha value is -1.82. The number of pyridine rings is 1. The second-order valence-corrected chi connectivity index (χ2v) is 7.49. The summed E-state index contributed by atoms with van der Waals surface area (Å²) in [5, 5.41) is 4.18. The summed E-state index contributed by atoms with van der Waals surface area (Å²) in [4.78, 5) is 17.3. The van der Waals surface area contributed by atoms with Crippen molar-refractivity contribution in [3.05, 3.63) is 28.1 Å². The molecule has 23 heavy (non-hydrogen) atoms. The Bertz CT molecular complexity index is 835. The van der Waals surface area contributed by atoms with E-state index >= 15 is 0 Å². The van der Waals surface area contributed by atoms with Gasteiger partial charge in [-0.3, -0.25) is 14.0 Å². The molecule has 2 heterocycles. The zero-order chi connectivity index (χ0) is 16.9. The predicted molar refractivity (Wildman–Crippen MR) is 88.1 cm³/mol. The summed E-state index contributed by atoms with van der Waals surface area (Å²) in [5.74, 6) is 0.414. The second kappa shape index (κ2) is 5.67. The number of nitrogens with zero attached hydrogens (tertiary/aromatic N) is 2. The molecular weight excluding hydrogens is 312 g/mol. The molecule has 0 spiro atoms. The van der Waals surface area contributed by atoms with Gasteiger partial charge in [-0.05, 0) is 51.7 Å². The van der Waals surface area contributed by atoms with Crippen molar-refractivity contribution in [1.82, 2.24) is 10.1 Å². The van der Waals surface area contributed by atoms with Crippen molar-refractivity contribution in [2.45, 2.75) is 45.6 Å². The van der Waals surface area contributed by atoms with E-state index in [0.29, 0.717) is 11.3 Å². The van der Waals surface area contributed by atoms with Crippen LogP contribution in [0.2, 0.25) is 0 Å². The third kappa shape index (κ3) is 2.65. The van der Waals surface area contributed by atoms with Gasteiger partial charge in [-0.1, -0.05) is 5.16 Å². The molecule has 1 aliphatic carbocycles. The molecule has 0 amide bonds. The first-order valence-electron chi connectivity index (χ1n) is 7.65. The maximum atomic E-state index is 12.7. The van der Waals surface area contributed by atoms with Crippen LogP contribution in [-0.2, 0) is 10.8 Å². The summed E-state index contributed by atoms with van der Waals surface area (Å²) < 4.78 is 17.5. The van der Waals surface area contributed by atoms with Gasteiger partial charge in [0.1, 0.15) is 5.56 Å². The predicted octanol–water partition coefficient (Wildman–Crippen LogP) is 3.30. The van der Waals surface area contributed by atoms with Crippen LogP contribution in [0.5, 0.6) is 0 Å². The first-order chi connectivity index (χ1) is 10.8. The lowest BCUT2D eigenvalue weighted by molar-refractivity contribution is 0.0965. The van der Waals surface area contributed by atoms with Gasteiger partial charge in [-0.2, -0.15) is 0 Å². The molecule has 0 aromatic carbocycles. The number of rotatable bonds is 4. The van der Waals surface area contributed by atoms with Gasteiger partial charge in [-0.15, -0.1) is 0 Å². The maximum Gasteiger partial charge on any atom is 0.181 e. The van der Waals surface area contributed by atoms with Gasteiger partial charge in [-0.25, -0.2) is 0 Å². The molecule has 1 atom stereocenters. The number of aryl methyl sites for hydroxylation is 2. The maximum absolute atomic E-state index is 12.7. The Morgan fingerprint density at radius 2 is 1.78 bits per heavy atom. The second-order valence-electron chi connectivity index (χ2n) is 6.19. The van der Waals surface area contributed by atoms with Crippen molar-refractivity contribution in [3.8, 4) is 11.3 Å². The average molecular weight is 332 g/mol. The Morgan fingerprint density at radius 1 is 1.13 bits per heavy atom. The molecular formula is C17H20N2O3S. The zero-order valence-electron chi connectivity index (χ0n) is 14.0. The van der Waals surface area contributed by atoms with Crippen LogP contribution in [0.3, 0.4) is 0 Å². The fourth-order valence-electron chi connectivity index (χ4n) is 2.87. The molecule has 5 nitrogen and oxygen atoms in total. The molecule has 0 aliphatic heterocycles. The fourth-order valence-corrected chi connectivity index (χ4v) is 3.49. The fraction of sp³-hybridized carbons (Fsp3) is 0.471. The van der Waals surface area contributed by atoms with Gasteiger partial charge in [0.05, 0.1) is 10.8 Å². The first-order valence-corrected chi connectivity index (χ1v) is 9.20. The monoisotopic (exact) mass is 332 g/mol. The van der Waals surface area contributed by atoms with E-state index in [1.807, 2.05) is 27.7 Å². The van der Waals surface area contributed by atoms with Crippen LogP contribution in [0, 0.1) is 33.6 Å². The normalized spacial score (nSPS) is 15.7. The van der Waals surface area contributed by atoms with Gasteiger partial charge in [0.2, 0.25) is 0 Å². The lowest BCUT2D eigenvalue weighted by Gasteiger charge is -2.12. The molecule has 2 aromatic rings. The van der Waals surface area contributed by atoms with E-state index in [1.165, 1.54) is 6.26 Å². The summed E-state index contributed by atoms with van der Waals surface area (Å²) in [6.07, 6.45) is 3.27. The van der Waals surface area contributed by atoms with E-state index in [1.54, 1.807) is 0 Å². The van der Waals surface area contributed by atoms with E-state index < -0.39 is 10.8 Å². The van der Waals surface area contributed by atoms with E-state index in [0.717, 1.165) is 40.9 Å². The highest BCUT2D eigenvalue weighted by Crippen LogP contribution is 2.40. The van der Waals surface area contributed by atoms with E-state index in [2.05, 4.69) is 10.1 Å². The molecule has 0 N–H and O–H groups in total. The largest absolute Gasteiger partial charge is 0.354 e. The molecule has 122 valence electrons. The Morgan fingerprint density at radius 3 is 2.35 bits per heavy atom. The molecule has 1 unspecified atom stereocenters. The smallest absolute Gasteiger partial charge is 0.181 e. The molecule has 1 fully saturated rings. The van der Waals surface area contributed by atoms with Crippen LogP contribution in [0.1, 0.15) is 45.7 Å². The number of aromatic nitrogens is 2. The van der Waals surface area contributed by atoms with Crippen LogP contribution < -0.4 is 0 Å². The third-order valence-electron chi connectivity index (χ3n) is 4.53. The average Bonchev–Trinajstić information content (AvgIpc) is 3.24.